The molecule has 0 fully saturated rings. The number of hydrogen-bond donors (Lipinski definition) is 2. The Kier molecular flexibility index (Phi) is 3.49. The first-order valence-corrected chi connectivity index (χ1v) is 8.46. The Balaban J connectivity index is 2.02. The van der Waals surface area contributed by atoms with Gasteiger partial charge in [-0.1, -0.05) is 25.1 Å². The summed E-state index contributed by atoms with van der Waals surface area (Å²) in [5.74, 6) is -1.36. The molecule has 0 unspecified atom stereocenters. The van der Waals surface area contributed by atoms with E-state index in [4.69, 9.17) is 0 Å². The second-order valence-corrected chi connectivity index (χ2v) is 6.67. The van der Waals surface area contributed by atoms with Crippen LogP contribution >= 0.6 is 0 Å². The second kappa shape index (κ2) is 5.51. The summed E-state index contributed by atoms with van der Waals surface area (Å²) in [5, 5.41) is 21.2. The molecule has 1 aliphatic heterocycles. The van der Waals surface area contributed by atoms with Gasteiger partial charge in [0.1, 0.15) is 0 Å². The fourth-order valence-corrected chi connectivity index (χ4v) is 3.66. The van der Waals surface area contributed by atoms with Crippen molar-refractivity contribution in [3.05, 3.63) is 63.4 Å². The topological polar surface area (TPSA) is 92.4 Å². The molecule has 1 atom stereocenters. The molecule has 2 aromatic heterocycles. The van der Waals surface area contributed by atoms with Crippen LogP contribution < -0.4 is 5.56 Å². The zero-order valence-electron chi connectivity index (χ0n) is 14.5. The van der Waals surface area contributed by atoms with Gasteiger partial charge in [-0.3, -0.25) is 4.79 Å². The number of aliphatic carboxylic acids is 1. The van der Waals surface area contributed by atoms with Gasteiger partial charge < -0.3 is 14.8 Å². The number of carbonyl (C=O) groups is 1. The molecule has 0 aliphatic carbocycles. The minimum absolute atomic E-state index is 0.0376. The molecule has 0 saturated heterocycles. The van der Waals surface area contributed by atoms with Crippen LogP contribution in [0.1, 0.15) is 30.0 Å². The average Bonchev–Trinajstić information content (AvgIpc) is 2.99. The standard InChI is InChI=1S/C20H18N2O4/c1-3-20(26,19(24)25)14-9-16-17-13(10-22(16)18(23)11(14)2)8-12-6-4-5-7-15(12)21-17/h4-9,26H,3,10H2,1-2H3,(H,24,25)/t20-/m0/s1. The number of carboxylic acid groups (broad SMARTS) is 1. The molecule has 3 aromatic rings. The lowest BCUT2D eigenvalue weighted by Gasteiger charge is -2.24. The van der Waals surface area contributed by atoms with Crippen molar-refractivity contribution < 1.29 is 15.0 Å². The molecule has 3 heterocycles. The van der Waals surface area contributed by atoms with Crippen molar-refractivity contribution in [1.29, 1.82) is 0 Å². The Labute approximate surface area is 149 Å². The number of carboxylic acids is 1. The van der Waals surface area contributed by atoms with Crippen LogP contribution in [0.3, 0.4) is 0 Å². The van der Waals surface area contributed by atoms with Gasteiger partial charge in [0.05, 0.1) is 23.4 Å². The van der Waals surface area contributed by atoms with E-state index < -0.39 is 11.6 Å². The number of nitrogens with zero attached hydrogens (tertiary/aromatic N) is 2. The van der Waals surface area contributed by atoms with Crippen molar-refractivity contribution in [3.63, 3.8) is 0 Å². The van der Waals surface area contributed by atoms with Gasteiger partial charge >= 0.3 is 5.97 Å². The molecule has 0 amide bonds. The Morgan fingerprint density at radius 1 is 1.31 bits per heavy atom. The molecule has 2 N–H and O–H groups in total. The van der Waals surface area contributed by atoms with Gasteiger partial charge in [0.2, 0.25) is 0 Å². The number of aliphatic hydroxyl groups is 1. The molecule has 6 heteroatoms. The summed E-state index contributed by atoms with van der Waals surface area (Å²) < 4.78 is 1.59. The maximum Gasteiger partial charge on any atom is 0.340 e. The predicted molar refractivity (Wildman–Crippen MR) is 97.1 cm³/mol. The number of para-hydroxylation sites is 1. The van der Waals surface area contributed by atoms with E-state index in [1.807, 2.05) is 30.3 Å². The fourth-order valence-electron chi connectivity index (χ4n) is 3.66. The van der Waals surface area contributed by atoms with Crippen LogP contribution in [0.4, 0.5) is 0 Å². The summed E-state index contributed by atoms with van der Waals surface area (Å²) in [6.07, 6.45) is -0.0376. The van der Waals surface area contributed by atoms with E-state index in [0.29, 0.717) is 17.9 Å². The molecular formula is C20H18N2O4. The Morgan fingerprint density at radius 2 is 2.04 bits per heavy atom. The summed E-state index contributed by atoms with van der Waals surface area (Å²) in [4.78, 5) is 29.2. The summed E-state index contributed by atoms with van der Waals surface area (Å²) in [5.41, 5.74) is 0.900. The van der Waals surface area contributed by atoms with Gasteiger partial charge in [0.25, 0.3) is 5.56 Å². The summed E-state index contributed by atoms with van der Waals surface area (Å²) >= 11 is 0. The highest BCUT2D eigenvalue weighted by molar-refractivity contribution is 5.85. The number of aromatic nitrogens is 2. The first-order valence-electron chi connectivity index (χ1n) is 8.46. The van der Waals surface area contributed by atoms with E-state index in [9.17, 15) is 19.8 Å². The highest BCUT2D eigenvalue weighted by Gasteiger charge is 2.39. The second-order valence-electron chi connectivity index (χ2n) is 6.67. The average molecular weight is 350 g/mol. The lowest BCUT2D eigenvalue weighted by Crippen LogP contribution is -2.38. The molecule has 4 rings (SSSR count). The zero-order chi connectivity index (χ0) is 18.6. The molecular weight excluding hydrogens is 332 g/mol. The van der Waals surface area contributed by atoms with Crippen LogP contribution in [0.5, 0.6) is 0 Å². The lowest BCUT2D eigenvalue weighted by atomic mass is 9.88. The number of fused-ring (bicyclic) bond motifs is 4. The fraction of sp³-hybridized carbons (Fsp3) is 0.250. The van der Waals surface area contributed by atoms with E-state index in [0.717, 1.165) is 16.5 Å². The van der Waals surface area contributed by atoms with Crippen molar-refractivity contribution in [2.24, 2.45) is 0 Å². The summed E-state index contributed by atoms with van der Waals surface area (Å²) in [6.45, 7) is 3.53. The Bertz CT molecular complexity index is 1130. The van der Waals surface area contributed by atoms with Gasteiger partial charge in [-0.2, -0.15) is 0 Å². The van der Waals surface area contributed by atoms with E-state index >= 15 is 0 Å². The maximum atomic E-state index is 12.9. The van der Waals surface area contributed by atoms with Crippen molar-refractivity contribution in [2.45, 2.75) is 32.4 Å². The molecule has 6 nitrogen and oxygen atoms in total. The SMILES string of the molecule is CC[C@@](O)(C(=O)O)c1cc2n(c(=O)c1C)Cc1cc3ccccc3nc1-2. The van der Waals surface area contributed by atoms with Crippen LogP contribution in [0.15, 0.2) is 41.2 Å². The lowest BCUT2D eigenvalue weighted by molar-refractivity contribution is -0.160. The van der Waals surface area contributed by atoms with Gasteiger partial charge in [0, 0.05) is 22.1 Å². The van der Waals surface area contributed by atoms with Crippen LogP contribution in [0.2, 0.25) is 0 Å². The smallest absolute Gasteiger partial charge is 0.340 e. The largest absolute Gasteiger partial charge is 0.479 e. The van der Waals surface area contributed by atoms with E-state index in [1.165, 1.54) is 0 Å². The third kappa shape index (κ3) is 2.12. The summed E-state index contributed by atoms with van der Waals surface area (Å²) in [6, 6.07) is 11.3. The monoisotopic (exact) mass is 350 g/mol. The highest BCUT2D eigenvalue weighted by atomic mass is 16.4. The van der Waals surface area contributed by atoms with E-state index in [-0.39, 0.29) is 23.1 Å². The Morgan fingerprint density at radius 3 is 2.73 bits per heavy atom. The Hall–Kier alpha value is -2.99. The van der Waals surface area contributed by atoms with E-state index in [1.54, 1.807) is 24.5 Å². The van der Waals surface area contributed by atoms with Crippen LogP contribution in [0, 0.1) is 6.92 Å². The molecule has 0 bridgehead atoms. The van der Waals surface area contributed by atoms with Crippen LogP contribution in [0.25, 0.3) is 22.3 Å². The molecule has 0 spiro atoms. The molecule has 1 aromatic carbocycles. The van der Waals surface area contributed by atoms with Gasteiger partial charge in [-0.25, -0.2) is 9.78 Å². The molecule has 1 aliphatic rings. The first-order chi connectivity index (χ1) is 12.4. The number of benzene rings is 1. The third-order valence-electron chi connectivity index (χ3n) is 5.23. The molecule has 0 radical (unpaired) electrons. The van der Waals surface area contributed by atoms with Crippen molar-refractivity contribution in [2.75, 3.05) is 0 Å². The highest BCUT2D eigenvalue weighted by Crippen LogP contribution is 2.35. The minimum atomic E-state index is -2.10. The van der Waals surface area contributed by atoms with Crippen LogP contribution in [-0.2, 0) is 16.9 Å². The van der Waals surface area contributed by atoms with Crippen molar-refractivity contribution >= 4 is 16.9 Å². The molecule has 132 valence electrons. The molecule has 0 saturated carbocycles. The molecule has 26 heavy (non-hydrogen) atoms. The minimum Gasteiger partial charge on any atom is -0.479 e. The number of hydrogen-bond acceptors (Lipinski definition) is 4. The summed E-state index contributed by atoms with van der Waals surface area (Å²) in [7, 11) is 0. The van der Waals surface area contributed by atoms with Crippen molar-refractivity contribution in [3.8, 4) is 11.4 Å². The zero-order valence-corrected chi connectivity index (χ0v) is 14.5. The normalized spacial score (nSPS) is 14.7. The number of pyridine rings is 2. The van der Waals surface area contributed by atoms with E-state index in [2.05, 4.69) is 4.98 Å². The van der Waals surface area contributed by atoms with Gasteiger partial charge in [-0.15, -0.1) is 0 Å². The number of rotatable bonds is 3. The quantitative estimate of drug-likeness (QED) is 0.592. The third-order valence-corrected chi connectivity index (χ3v) is 5.23. The van der Waals surface area contributed by atoms with Gasteiger partial charge in [0.15, 0.2) is 5.60 Å². The predicted octanol–water partition coefficient (Wildman–Crippen LogP) is 2.42. The van der Waals surface area contributed by atoms with Crippen LogP contribution in [-0.4, -0.2) is 25.7 Å². The van der Waals surface area contributed by atoms with Crippen molar-refractivity contribution in [1.82, 2.24) is 9.55 Å². The van der Waals surface area contributed by atoms with Gasteiger partial charge in [-0.05, 0) is 31.5 Å². The maximum absolute atomic E-state index is 12.9. The first kappa shape index (κ1) is 16.5.